The molecular weight excluding hydrogens is 471 g/mol. The molecule has 1 aromatic carbocycles. The molecule has 0 fully saturated rings. The maximum absolute atomic E-state index is 15.2. The zero-order valence-corrected chi connectivity index (χ0v) is 21.9. The van der Waals surface area contributed by atoms with Crippen LogP contribution in [0.5, 0.6) is 5.75 Å². The Morgan fingerprint density at radius 1 is 1.28 bits per heavy atom. The molecule has 0 spiro atoms. The van der Waals surface area contributed by atoms with Gasteiger partial charge in [0, 0.05) is 11.6 Å². The molecular formula is C27H34BrFO3. The fourth-order valence-corrected chi connectivity index (χ4v) is 5.13. The highest BCUT2D eigenvalue weighted by atomic mass is 79.9. The van der Waals surface area contributed by atoms with E-state index in [2.05, 4.69) is 56.6 Å². The summed E-state index contributed by atoms with van der Waals surface area (Å²) in [6.07, 6.45) is 7.02. The molecule has 0 radical (unpaired) electrons. The maximum Gasteiger partial charge on any atom is 0.328 e. The number of hydrogen-bond donors (Lipinski definition) is 1. The van der Waals surface area contributed by atoms with E-state index in [0.717, 1.165) is 22.5 Å². The van der Waals surface area contributed by atoms with Crippen molar-refractivity contribution in [3.63, 3.8) is 0 Å². The fourth-order valence-electron chi connectivity index (χ4n) is 4.05. The van der Waals surface area contributed by atoms with Crippen molar-refractivity contribution in [3.8, 4) is 5.75 Å². The lowest BCUT2D eigenvalue weighted by atomic mass is 9.67. The standard InChI is InChI=1S/C27H34BrFO3/c1-9-32-25-18(17(3)21(29)11-10-16(2)14-22(30)31)15-19-20(26(4,5)6)12-13-27(7,8)23(19)24(25)28/h10-12,14-15H,9,13H2,1-8H3,(H,30,31)/b11-10?,16-14?,21-17+. The molecule has 1 N–H and O–H groups in total. The highest BCUT2D eigenvalue weighted by molar-refractivity contribution is 9.10. The minimum atomic E-state index is -1.06. The number of hydrogen-bond acceptors (Lipinski definition) is 2. The van der Waals surface area contributed by atoms with Crippen LogP contribution in [0.15, 0.2) is 46.2 Å². The summed E-state index contributed by atoms with van der Waals surface area (Å²) in [5.74, 6) is -0.866. The molecule has 2 rings (SSSR count). The molecule has 174 valence electrons. The van der Waals surface area contributed by atoms with E-state index in [9.17, 15) is 4.79 Å². The zero-order chi connectivity index (χ0) is 24.4. The molecule has 5 heteroatoms. The molecule has 0 aromatic heterocycles. The van der Waals surface area contributed by atoms with Gasteiger partial charge < -0.3 is 9.84 Å². The van der Waals surface area contributed by atoms with Crippen LogP contribution in [-0.2, 0) is 10.2 Å². The first-order chi connectivity index (χ1) is 14.7. The predicted octanol–water partition coefficient (Wildman–Crippen LogP) is 8.25. The summed E-state index contributed by atoms with van der Waals surface area (Å²) in [5, 5.41) is 8.86. The average molecular weight is 505 g/mol. The van der Waals surface area contributed by atoms with Crippen LogP contribution >= 0.6 is 15.9 Å². The van der Waals surface area contributed by atoms with Crippen molar-refractivity contribution in [3.05, 3.63) is 62.9 Å². The molecule has 0 unspecified atom stereocenters. The van der Waals surface area contributed by atoms with Gasteiger partial charge >= 0.3 is 5.97 Å². The Balaban J connectivity index is 2.79. The molecule has 0 heterocycles. The molecule has 32 heavy (non-hydrogen) atoms. The van der Waals surface area contributed by atoms with Gasteiger partial charge in [0.1, 0.15) is 11.6 Å². The Morgan fingerprint density at radius 3 is 2.44 bits per heavy atom. The second kappa shape index (κ2) is 9.78. The summed E-state index contributed by atoms with van der Waals surface area (Å²) in [4.78, 5) is 10.8. The molecule has 0 bridgehead atoms. The highest BCUT2D eigenvalue weighted by Crippen LogP contribution is 2.52. The first-order valence-electron chi connectivity index (χ1n) is 10.9. The number of ether oxygens (including phenoxy) is 1. The van der Waals surface area contributed by atoms with Crippen LogP contribution in [0, 0.1) is 5.41 Å². The van der Waals surface area contributed by atoms with Crippen LogP contribution in [0.25, 0.3) is 11.1 Å². The molecule has 0 aliphatic heterocycles. The number of aliphatic carboxylic acids is 1. The third-order valence-electron chi connectivity index (χ3n) is 5.71. The van der Waals surface area contributed by atoms with Crippen molar-refractivity contribution in [1.82, 2.24) is 0 Å². The number of halogens is 2. The lowest BCUT2D eigenvalue weighted by Gasteiger charge is -2.38. The minimum absolute atomic E-state index is 0.0656. The third-order valence-corrected chi connectivity index (χ3v) is 6.46. The number of benzene rings is 1. The second-order valence-electron chi connectivity index (χ2n) is 9.91. The number of rotatable bonds is 6. The van der Waals surface area contributed by atoms with Gasteiger partial charge in [-0.25, -0.2) is 9.18 Å². The van der Waals surface area contributed by atoms with Gasteiger partial charge in [0.15, 0.2) is 0 Å². The molecule has 0 amide bonds. The molecule has 1 aliphatic carbocycles. The van der Waals surface area contributed by atoms with E-state index >= 15 is 4.39 Å². The van der Waals surface area contributed by atoms with Gasteiger partial charge in [0.05, 0.1) is 11.1 Å². The second-order valence-corrected chi connectivity index (χ2v) is 10.7. The van der Waals surface area contributed by atoms with Crippen molar-refractivity contribution < 1.29 is 19.0 Å². The van der Waals surface area contributed by atoms with Gasteiger partial charge in [-0.3, -0.25) is 0 Å². The Kier molecular flexibility index (Phi) is 7.98. The first-order valence-corrected chi connectivity index (χ1v) is 11.7. The van der Waals surface area contributed by atoms with Gasteiger partial charge in [-0.05, 0) is 93.9 Å². The van der Waals surface area contributed by atoms with E-state index in [0.29, 0.717) is 29.1 Å². The Morgan fingerprint density at radius 2 is 1.91 bits per heavy atom. The van der Waals surface area contributed by atoms with E-state index < -0.39 is 11.8 Å². The van der Waals surface area contributed by atoms with Gasteiger partial charge in [0.2, 0.25) is 0 Å². The number of carbonyl (C=O) groups is 1. The van der Waals surface area contributed by atoms with Crippen LogP contribution in [0.4, 0.5) is 4.39 Å². The van der Waals surface area contributed by atoms with Crippen molar-refractivity contribution in [2.24, 2.45) is 5.41 Å². The van der Waals surface area contributed by atoms with E-state index in [1.807, 2.05) is 13.0 Å². The third kappa shape index (κ3) is 5.61. The average Bonchev–Trinajstić information content (AvgIpc) is 2.65. The number of fused-ring (bicyclic) bond motifs is 1. The van der Waals surface area contributed by atoms with Crippen LogP contribution in [-0.4, -0.2) is 17.7 Å². The normalized spacial score (nSPS) is 17.1. The number of carboxylic acids is 1. The molecule has 3 nitrogen and oxygen atoms in total. The Labute approximate surface area is 199 Å². The van der Waals surface area contributed by atoms with Crippen molar-refractivity contribution >= 4 is 33.0 Å². The van der Waals surface area contributed by atoms with Crippen LogP contribution in [0.3, 0.4) is 0 Å². The number of carboxylic acid groups (broad SMARTS) is 1. The quantitative estimate of drug-likeness (QED) is 0.313. The molecule has 1 aliphatic rings. The smallest absolute Gasteiger partial charge is 0.328 e. The summed E-state index contributed by atoms with van der Waals surface area (Å²) < 4.78 is 22.1. The van der Waals surface area contributed by atoms with Gasteiger partial charge in [-0.15, -0.1) is 0 Å². The summed E-state index contributed by atoms with van der Waals surface area (Å²) in [5.41, 5.74) is 4.95. The molecule has 0 atom stereocenters. The Bertz CT molecular complexity index is 1030. The van der Waals surface area contributed by atoms with Gasteiger partial charge in [0.25, 0.3) is 0 Å². The molecule has 0 saturated heterocycles. The highest BCUT2D eigenvalue weighted by Gasteiger charge is 2.36. The van der Waals surface area contributed by atoms with Crippen LogP contribution < -0.4 is 4.74 Å². The predicted molar refractivity (Wildman–Crippen MR) is 135 cm³/mol. The van der Waals surface area contributed by atoms with Crippen molar-refractivity contribution in [2.75, 3.05) is 6.61 Å². The van der Waals surface area contributed by atoms with E-state index in [1.54, 1.807) is 13.8 Å². The molecule has 0 saturated carbocycles. The monoisotopic (exact) mass is 504 g/mol. The summed E-state index contributed by atoms with van der Waals surface area (Å²) in [7, 11) is 0. The maximum atomic E-state index is 15.2. The lowest BCUT2D eigenvalue weighted by Crippen LogP contribution is -2.26. The van der Waals surface area contributed by atoms with Crippen molar-refractivity contribution in [1.29, 1.82) is 0 Å². The first kappa shape index (κ1) is 26.1. The van der Waals surface area contributed by atoms with Gasteiger partial charge in [-0.2, -0.15) is 0 Å². The zero-order valence-electron chi connectivity index (χ0n) is 20.3. The van der Waals surface area contributed by atoms with E-state index in [1.165, 1.54) is 23.3 Å². The summed E-state index contributed by atoms with van der Waals surface area (Å²) in [6.45, 7) is 16.7. The minimum Gasteiger partial charge on any atom is -0.492 e. The lowest BCUT2D eigenvalue weighted by molar-refractivity contribution is -0.131. The van der Waals surface area contributed by atoms with E-state index in [4.69, 9.17) is 9.84 Å². The van der Waals surface area contributed by atoms with Crippen LogP contribution in [0.2, 0.25) is 0 Å². The van der Waals surface area contributed by atoms with Crippen LogP contribution in [0.1, 0.15) is 78.5 Å². The molecule has 1 aromatic rings. The largest absolute Gasteiger partial charge is 0.492 e. The summed E-state index contributed by atoms with van der Waals surface area (Å²) in [6, 6.07) is 2.05. The van der Waals surface area contributed by atoms with Gasteiger partial charge in [-0.1, -0.05) is 46.8 Å². The fraction of sp³-hybridized carbons (Fsp3) is 0.444. The number of allylic oxidation sites excluding steroid dienone is 7. The Hall–Kier alpha value is -2.14. The topological polar surface area (TPSA) is 46.5 Å². The summed E-state index contributed by atoms with van der Waals surface area (Å²) >= 11 is 3.81. The van der Waals surface area contributed by atoms with E-state index in [-0.39, 0.29) is 10.8 Å². The van der Waals surface area contributed by atoms with Crippen molar-refractivity contribution in [2.45, 2.75) is 67.2 Å². The SMILES string of the molecule is CCOc1c(/C(C)=C(/F)C=CC(C)=CC(=O)O)cc2c(c1Br)C(C)(C)CC=C2C(C)(C)C.